The number of carbonyl (C=O) groups is 2. The molecule has 3 rings (SSSR count). The summed E-state index contributed by atoms with van der Waals surface area (Å²) >= 11 is 0. The lowest BCUT2D eigenvalue weighted by Crippen LogP contribution is -2.35. The molecule has 1 fully saturated rings. The van der Waals surface area contributed by atoms with Gasteiger partial charge in [-0.3, -0.25) is 14.6 Å². The highest BCUT2D eigenvalue weighted by molar-refractivity contribution is 5.88. The van der Waals surface area contributed by atoms with E-state index in [4.69, 9.17) is 4.74 Å². The molecule has 0 spiro atoms. The van der Waals surface area contributed by atoms with Crippen LogP contribution in [0.5, 0.6) is 5.75 Å². The van der Waals surface area contributed by atoms with Crippen LogP contribution >= 0.6 is 0 Å². The number of benzene rings is 1. The van der Waals surface area contributed by atoms with Gasteiger partial charge in [0.05, 0.1) is 7.11 Å². The topological polar surface area (TPSA) is 62.7 Å². The highest BCUT2D eigenvalue weighted by Crippen LogP contribution is 2.27. The molecule has 0 bridgehead atoms. The van der Waals surface area contributed by atoms with Crippen molar-refractivity contribution in [3.8, 4) is 5.75 Å². The lowest BCUT2D eigenvalue weighted by molar-refractivity contribution is -0.133. The number of rotatable bonds is 6. The monoisotopic (exact) mass is 369 g/mol. The Morgan fingerprint density at radius 1 is 1.26 bits per heavy atom. The van der Waals surface area contributed by atoms with Gasteiger partial charge in [0.2, 0.25) is 11.8 Å². The molecule has 0 unspecified atom stereocenters. The fraction of sp³-hybridized carbons (Fsp3) is 0.476. The van der Waals surface area contributed by atoms with Gasteiger partial charge in [0, 0.05) is 51.1 Å². The third kappa shape index (κ3) is 4.56. The van der Waals surface area contributed by atoms with Crippen LogP contribution in [-0.4, -0.2) is 53.8 Å². The number of hydrogen-bond donors (Lipinski definition) is 0. The van der Waals surface area contributed by atoms with Gasteiger partial charge in [-0.2, -0.15) is 0 Å². The molecule has 144 valence electrons. The van der Waals surface area contributed by atoms with E-state index < -0.39 is 0 Å². The number of ether oxygens (including phenoxy) is 1. The second kappa shape index (κ2) is 8.84. The van der Waals surface area contributed by atoms with E-state index in [9.17, 15) is 9.59 Å². The number of carbonyl (C=O) groups excluding carboxylic acids is 2. The van der Waals surface area contributed by atoms with Crippen LogP contribution in [0, 0.1) is 0 Å². The second-order valence-corrected chi connectivity index (χ2v) is 7.02. The van der Waals surface area contributed by atoms with E-state index in [1.165, 1.54) is 0 Å². The number of nitrogens with zero attached hydrogens (tertiary/aromatic N) is 3. The van der Waals surface area contributed by atoms with Crippen LogP contribution in [0.3, 0.4) is 0 Å². The van der Waals surface area contributed by atoms with E-state index in [-0.39, 0.29) is 11.8 Å². The molecular formula is C21H27N3O3. The van der Waals surface area contributed by atoms with Crippen LogP contribution in [0.15, 0.2) is 30.5 Å². The van der Waals surface area contributed by atoms with Crippen molar-refractivity contribution in [3.05, 3.63) is 36.0 Å². The summed E-state index contributed by atoms with van der Waals surface area (Å²) in [5.74, 6) is 0.943. The summed E-state index contributed by atoms with van der Waals surface area (Å²) in [5.41, 5.74) is 1.83. The summed E-state index contributed by atoms with van der Waals surface area (Å²) in [6.45, 7) is 1.77. The first kappa shape index (κ1) is 19.1. The molecule has 0 N–H and O–H groups in total. The van der Waals surface area contributed by atoms with Crippen LogP contribution in [0.2, 0.25) is 0 Å². The Labute approximate surface area is 160 Å². The molecule has 0 saturated carbocycles. The Bertz CT molecular complexity index is 821. The van der Waals surface area contributed by atoms with E-state index in [0.717, 1.165) is 48.0 Å². The molecule has 1 aliphatic rings. The summed E-state index contributed by atoms with van der Waals surface area (Å²) in [7, 11) is 3.43. The normalized spacial score (nSPS) is 14.9. The zero-order valence-electron chi connectivity index (χ0n) is 16.1. The Morgan fingerprint density at radius 3 is 2.93 bits per heavy atom. The maximum Gasteiger partial charge on any atom is 0.224 e. The van der Waals surface area contributed by atoms with Gasteiger partial charge < -0.3 is 14.5 Å². The number of amides is 2. The summed E-state index contributed by atoms with van der Waals surface area (Å²) in [5, 5.41) is 0.985. The fourth-order valence-corrected chi connectivity index (χ4v) is 3.55. The molecule has 0 radical (unpaired) electrons. The number of pyridine rings is 1. The van der Waals surface area contributed by atoms with E-state index in [1.807, 2.05) is 29.2 Å². The van der Waals surface area contributed by atoms with Crippen LogP contribution in [0.4, 0.5) is 0 Å². The minimum atomic E-state index is 0.0416. The smallest absolute Gasteiger partial charge is 0.224 e. The first-order valence-corrected chi connectivity index (χ1v) is 9.52. The Kier molecular flexibility index (Phi) is 6.27. The van der Waals surface area contributed by atoms with Crippen molar-refractivity contribution >= 4 is 22.7 Å². The van der Waals surface area contributed by atoms with Gasteiger partial charge in [-0.25, -0.2) is 0 Å². The third-order valence-electron chi connectivity index (χ3n) is 5.14. The zero-order valence-corrected chi connectivity index (χ0v) is 16.1. The van der Waals surface area contributed by atoms with Gasteiger partial charge in [-0.05, 0) is 30.5 Å². The van der Waals surface area contributed by atoms with Crippen molar-refractivity contribution in [2.45, 2.75) is 38.6 Å². The predicted octanol–water partition coefficient (Wildman–Crippen LogP) is 2.99. The highest BCUT2D eigenvalue weighted by atomic mass is 16.5. The SMILES string of the molecule is COc1ccc(CN(C)C(=O)CCN2CCCCCC2=O)c2cccnc12. The minimum Gasteiger partial charge on any atom is -0.494 e. The van der Waals surface area contributed by atoms with E-state index in [0.29, 0.717) is 25.9 Å². The van der Waals surface area contributed by atoms with Crippen molar-refractivity contribution in [3.63, 3.8) is 0 Å². The minimum absolute atomic E-state index is 0.0416. The van der Waals surface area contributed by atoms with Gasteiger partial charge >= 0.3 is 0 Å². The molecule has 27 heavy (non-hydrogen) atoms. The molecule has 1 saturated heterocycles. The van der Waals surface area contributed by atoms with Gasteiger partial charge in [-0.1, -0.05) is 18.6 Å². The molecule has 6 heteroatoms. The molecule has 0 aliphatic carbocycles. The molecule has 2 amide bonds. The van der Waals surface area contributed by atoms with Gasteiger partial charge in [-0.15, -0.1) is 0 Å². The van der Waals surface area contributed by atoms with Crippen LogP contribution in [0.25, 0.3) is 10.9 Å². The number of likely N-dealkylation sites (tertiary alicyclic amines) is 1. The molecule has 2 heterocycles. The zero-order chi connectivity index (χ0) is 19.2. The molecule has 2 aromatic rings. The first-order valence-electron chi connectivity index (χ1n) is 9.52. The maximum absolute atomic E-state index is 12.6. The van der Waals surface area contributed by atoms with Gasteiger partial charge in [0.25, 0.3) is 0 Å². The maximum atomic E-state index is 12.6. The van der Waals surface area contributed by atoms with Crippen LogP contribution in [-0.2, 0) is 16.1 Å². The van der Waals surface area contributed by atoms with E-state index >= 15 is 0 Å². The Balaban J connectivity index is 1.64. The molecular weight excluding hydrogens is 342 g/mol. The molecule has 1 aromatic heterocycles. The largest absolute Gasteiger partial charge is 0.494 e. The molecule has 0 atom stereocenters. The summed E-state index contributed by atoms with van der Waals surface area (Å²) in [4.78, 5) is 32.6. The fourth-order valence-electron chi connectivity index (χ4n) is 3.55. The average Bonchev–Trinajstić information content (AvgIpc) is 2.90. The molecule has 1 aromatic carbocycles. The quantitative estimate of drug-likeness (QED) is 0.785. The summed E-state index contributed by atoms with van der Waals surface area (Å²) < 4.78 is 5.38. The van der Waals surface area contributed by atoms with Crippen LogP contribution < -0.4 is 4.74 Å². The van der Waals surface area contributed by atoms with E-state index in [1.54, 1.807) is 25.3 Å². The van der Waals surface area contributed by atoms with Crippen LogP contribution in [0.1, 0.15) is 37.7 Å². The lowest BCUT2D eigenvalue weighted by Gasteiger charge is -2.23. The number of fused-ring (bicyclic) bond motifs is 1. The second-order valence-electron chi connectivity index (χ2n) is 7.02. The summed E-state index contributed by atoms with van der Waals surface area (Å²) in [6.07, 6.45) is 5.78. The van der Waals surface area contributed by atoms with Crippen molar-refractivity contribution < 1.29 is 14.3 Å². The van der Waals surface area contributed by atoms with Crippen molar-refractivity contribution in [1.29, 1.82) is 0 Å². The lowest BCUT2D eigenvalue weighted by atomic mass is 10.1. The highest BCUT2D eigenvalue weighted by Gasteiger charge is 2.19. The molecule has 1 aliphatic heterocycles. The van der Waals surface area contributed by atoms with E-state index in [2.05, 4.69) is 4.98 Å². The average molecular weight is 369 g/mol. The molecule has 6 nitrogen and oxygen atoms in total. The van der Waals surface area contributed by atoms with Crippen molar-refractivity contribution in [2.24, 2.45) is 0 Å². The third-order valence-corrected chi connectivity index (χ3v) is 5.14. The summed E-state index contributed by atoms with van der Waals surface area (Å²) in [6, 6.07) is 7.75. The van der Waals surface area contributed by atoms with Gasteiger partial charge in [0.1, 0.15) is 11.3 Å². The predicted molar refractivity (Wildman–Crippen MR) is 104 cm³/mol. The number of methoxy groups -OCH3 is 1. The Morgan fingerprint density at radius 2 is 2.11 bits per heavy atom. The number of hydrogen-bond acceptors (Lipinski definition) is 4. The standard InChI is InChI=1S/C21H27N3O3/c1-23(19(25)11-14-24-13-5-3-4-8-20(24)26)15-16-9-10-18(27-2)21-17(16)7-6-12-22-21/h6-7,9-10,12H,3-5,8,11,13-15H2,1-2H3. The first-order chi connectivity index (χ1) is 13.1. The number of aromatic nitrogens is 1. The van der Waals surface area contributed by atoms with Gasteiger partial charge in [0.15, 0.2) is 0 Å². The van der Waals surface area contributed by atoms with Crippen molar-refractivity contribution in [1.82, 2.24) is 14.8 Å². The Hall–Kier alpha value is -2.63. The van der Waals surface area contributed by atoms with Crippen molar-refractivity contribution in [2.75, 3.05) is 27.2 Å².